The van der Waals surface area contributed by atoms with Gasteiger partial charge in [-0.1, -0.05) is 99.4 Å². The Morgan fingerprint density at radius 1 is 0.651 bits per heavy atom. The van der Waals surface area contributed by atoms with Crippen LogP contribution >= 0.6 is 0 Å². The maximum Gasteiger partial charge on any atom is 0.0799 e. The molecule has 1 radical (unpaired) electrons. The van der Waals surface area contributed by atoms with Gasteiger partial charge in [0.25, 0.3) is 0 Å². The number of nitrogens with zero attached hydrogens (tertiary/aromatic N) is 2. The predicted molar refractivity (Wildman–Crippen MR) is 179 cm³/mol. The normalized spacial score (nSPS) is 12.5. The minimum absolute atomic E-state index is 0. The van der Waals surface area contributed by atoms with Crippen LogP contribution in [0.15, 0.2) is 140 Å². The molecule has 0 saturated carbocycles. The van der Waals surface area contributed by atoms with Crippen molar-refractivity contribution in [3.05, 3.63) is 163 Å². The summed E-state index contributed by atoms with van der Waals surface area (Å²) < 4.78 is 9.17. The summed E-state index contributed by atoms with van der Waals surface area (Å²) in [7, 11) is -1.64. The first-order chi connectivity index (χ1) is 20.7. The molecule has 0 aliphatic rings. The summed E-state index contributed by atoms with van der Waals surface area (Å²) in [6.45, 7) is 8.91. The molecule has 1 unspecified atom stereocenters. The van der Waals surface area contributed by atoms with E-state index in [4.69, 9.17) is 4.98 Å². The zero-order chi connectivity index (χ0) is 30.3. The van der Waals surface area contributed by atoms with Crippen molar-refractivity contribution in [2.24, 2.45) is 0 Å². The van der Waals surface area contributed by atoms with Gasteiger partial charge < -0.3 is 9.97 Å². The van der Waals surface area contributed by atoms with Gasteiger partial charge in [-0.2, -0.15) is 0 Å². The van der Waals surface area contributed by atoms with Crippen molar-refractivity contribution in [1.82, 2.24) is 9.97 Å². The summed E-state index contributed by atoms with van der Waals surface area (Å²) in [6, 6.07) is 48.9. The Bertz CT molecular complexity index is 1700. The van der Waals surface area contributed by atoms with E-state index in [2.05, 4.69) is 61.0 Å². The second-order valence-corrected chi connectivity index (χ2v) is 16.2. The summed E-state index contributed by atoms with van der Waals surface area (Å²) in [5, 5.41) is 1.24. The van der Waals surface area contributed by atoms with Gasteiger partial charge in [0.1, 0.15) is 0 Å². The van der Waals surface area contributed by atoms with Gasteiger partial charge in [0.05, 0.1) is 8.07 Å². The molecular weight excluding hydrogens is 717 g/mol. The Hall–Kier alpha value is -3.95. The van der Waals surface area contributed by atoms with E-state index in [0.29, 0.717) is 0 Å². The second kappa shape index (κ2) is 15.0. The molecule has 6 rings (SSSR count). The van der Waals surface area contributed by atoms with Crippen LogP contribution in [0.2, 0.25) is 19.6 Å². The van der Waals surface area contributed by atoms with E-state index in [1.165, 1.54) is 16.3 Å². The van der Waals surface area contributed by atoms with E-state index in [-0.39, 0.29) is 20.1 Å². The van der Waals surface area contributed by atoms with E-state index < -0.39 is 14.0 Å². The van der Waals surface area contributed by atoms with E-state index >= 15 is 0 Å². The SMILES string of the molecule is [2H]C(C)(c1ccccc1)c1cc(-c2[c-]cccc2)ncc1[Si](C)(C)C.[Ir].[c-]1ccccc1-c1cc(-c2ccccc2)ccn1. The van der Waals surface area contributed by atoms with Crippen LogP contribution in [0, 0.1) is 12.1 Å². The van der Waals surface area contributed by atoms with Gasteiger partial charge in [0, 0.05) is 39.8 Å². The molecule has 0 saturated heterocycles. The first kappa shape index (κ1) is 30.5. The number of rotatable bonds is 6. The third kappa shape index (κ3) is 8.33. The van der Waals surface area contributed by atoms with Crippen LogP contribution in [0.3, 0.4) is 0 Å². The van der Waals surface area contributed by atoms with Gasteiger partial charge in [-0.25, -0.2) is 0 Å². The predicted octanol–water partition coefficient (Wildman–Crippen LogP) is 9.46. The zero-order valence-electron chi connectivity index (χ0n) is 26.0. The first-order valence-corrected chi connectivity index (χ1v) is 17.8. The van der Waals surface area contributed by atoms with Crippen LogP contribution in [0.1, 0.15) is 25.3 Å². The summed E-state index contributed by atoms with van der Waals surface area (Å²) in [5.41, 5.74) is 8.27. The van der Waals surface area contributed by atoms with Gasteiger partial charge in [-0.05, 0) is 44.9 Å². The number of aromatic nitrogens is 2. The maximum atomic E-state index is 9.17. The van der Waals surface area contributed by atoms with Crippen molar-refractivity contribution in [2.45, 2.75) is 32.5 Å². The molecule has 4 heteroatoms. The fourth-order valence-electron chi connectivity index (χ4n) is 4.85. The summed E-state index contributed by atoms with van der Waals surface area (Å²) in [4.78, 5) is 9.11. The van der Waals surface area contributed by atoms with Crippen LogP contribution in [0.5, 0.6) is 0 Å². The van der Waals surface area contributed by atoms with E-state index in [1.807, 2.05) is 122 Å². The molecule has 0 spiro atoms. The molecule has 6 aromatic rings. The molecule has 2 nitrogen and oxygen atoms in total. The number of pyridine rings is 2. The van der Waals surface area contributed by atoms with Crippen molar-refractivity contribution in [3.63, 3.8) is 0 Å². The zero-order valence-corrected chi connectivity index (χ0v) is 28.4. The van der Waals surface area contributed by atoms with Crippen molar-refractivity contribution >= 4 is 13.3 Å². The van der Waals surface area contributed by atoms with E-state index in [1.54, 1.807) is 0 Å². The third-order valence-corrected chi connectivity index (χ3v) is 9.17. The number of hydrogen-bond acceptors (Lipinski definition) is 2. The van der Waals surface area contributed by atoms with E-state index in [9.17, 15) is 1.37 Å². The Morgan fingerprint density at radius 2 is 1.21 bits per heavy atom. The second-order valence-electron chi connectivity index (χ2n) is 11.2. The maximum absolute atomic E-state index is 9.17. The minimum Gasteiger partial charge on any atom is -0.305 e. The molecule has 43 heavy (non-hydrogen) atoms. The van der Waals surface area contributed by atoms with Gasteiger partial charge in [-0.15, -0.1) is 71.8 Å². The Morgan fingerprint density at radius 3 is 1.77 bits per heavy atom. The molecule has 0 fully saturated rings. The molecule has 2 heterocycles. The topological polar surface area (TPSA) is 25.8 Å². The molecule has 0 aliphatic carbocycles. The molecule has 0 aliphatic heterocycles. The minimum atomic E-state index is -1.64. The van der Waals surface area contributed by atoms with Crippen LogP contribution in [-0.4, -0.2) is 18.0 Å². The van der Waals surface area contributed by atoms with Crippen LogP contribution in [-0.2, 0) is 20.1 Å². The molecule has 0 N–H and O–H groups in total. The number of hydrogen-bond donors (Lipinski definition) is 0. The van der Waals surface area contributed by atoms with Crippen LogP contribution < -0.4 is 5.19 Å². The fraction of sp³-hybridized carbons (Fsp3) is 0.128. The molecule has 2 aromatic heterocycles. The van der Waals surface area contributed by atoms with E-state index in [0.717, 1.165) is 33.6 Å². The molecule has 1 atom stereocenters. The monoisotopic (exact) mass is 754 g/mol. The van der Waals surface area contributed by atoms with Crippen molar-refractivity contribution in [3.8, 4) is 33.6 Å². The average Bonchev–Trinajstić information content (AvgIpc) is 3.06. The molecule has 217 valence electrons. The summed E-state index contributed by atoms with van der Waals surface area (Å²) in [6.07, 6.45) is 3.84. The van der Waals surface area contributed by atoms with Gasteiger partial charge >= 0.3 is 0 Å². The summed E-state index contributed by atoms with van der Waals surface area (Å²) >= 11 is 0. The quantitative estimate of drug-likeness (QED) is 0.125. The van der Waals surface area contributed by atoms with Gasteiger partial charge in [0.2, 0.25) is 0 Å². The van der Waals surface area contributed by atoms with Gasteiger partial charge in [-0.3, -0.25) is 0 Å². The Labute approximate surface area is 272 Å². The first-order valence-electron chi connectivity index (χ1n) is 14.8. The van der Waals surface area contributed by atoms with Crippen molar-refractivity contribution in [2.75, 3.05) is 0 Å². The largest absolute Gasteiger partial charge is 0.305 e. The standard InChI is InChI=1S/C22H24NSi.C17H12N.Ir/c1-17(18-11-7-5-8-12-18)20-15-21(19-13-9-6-10-14-19)23-16-22(20)24(2,3)4;1-3-7-14(8-4-1)16-11-12-18-17(13-16)15-9-5-2-6-10-15;/h5-13,15-17H,1-4H3;1-9,11-13H;/q2*-1;/i17D;;. The fourth-order valence-corrected chi connectivity index (χ4v) is 6.37. The molecule has 0 bridgehead atoms. The molecular formula is C39H36IrN2Si-2. The third-order valence-electron chi connectivity index (χ3n) is 7.16. The molecule has 4 aromatic carbocycles. The average molecular weight is 754 g/mol. The van der Waals surface area contributed by atoms with Crippen LogP contribution in [0.4, 0.5) is 0 Å². The van der Waals surface area contributed by atoms with Crippen LogP contribution in [0.25, 0.3) is 33.6 Å². The van der Waals surface area contributed by atoms with Gasteiger partial charge in [0.15, 0.2) is 0 Å². The smallest absolute Gasteiger partial charge is 0.0799 e. The molecule has 0 amide bonds. The summed E-state index contributed by atoms with van der Waals surface area (Å²) in [5.74, 6) is -0.816. The Balaban J connectivity index is 0.000000206. The Kier molecular flexibility index (Phi) is 10.6. The number of benzene rings is 4. The van der Waals surface area contributed by atoms with Crippen molar-refractivity contribution < 1.29 is 21.5 Å². The van der Waals surface area contributed by atoms with Crippen molar-refractivity contribution in [1.29, 1.82) is 0 Å².